The predicted molar refractivity (Wildman–Crippen MR) is 81.9 cm³/mol. The van der Waals surface area contributed by atoms with Gasteiger partial charge in [0, 0.05) is 6.21 Å². The molecule has 0 spiro atoms. The first-order valence-corrected chi connectivity index (χ1v) is 6.24. The summed E-state index contributed by atoms with van der Waals surface area (Å²) in [5.74, 6) is 0. The van der Waals surface area contributed by atoms with Gasteiger partial charge in [0.05, 0.1) is 0 Å². The van der Waals surface area contributed by atoms with Crippen molar-refractivity contribution in [1.82, 2.24) is 0 Å². The third kappa shape index (κ3) is 3.56. The molecular weight excluding hydrogens is 260 g/mol. The molecule has 0 aliphatic rings. The average molecular weight is 272 g/mol. The molecule has 0 heterocycles. The first kappa shape index (κ1) is 14.0. The average Bonchev–Trinajstić information content (AvgIpc) is 2.56. The predicted octanol–water partition coefficient (Wildman–Crippen LogP) is 2.99. The van der Waals surface area contributed by atoms with Crippen LogP contribution < -0.4 is 5.73 Å². The molecule has 0 radical (unpaired) electrons. The summed E-state index contributed by atoms with van der Waals surface area (Å²) in [4.78, 5) is 3.93. The van der Waals surface area contributed by atoms with Gasteiger partial charge in [0.1, 0.15) is 17.8 Å². The Morgan fingerprint density at radius 3 is 2.10 bits per heavy atom. The summed E-state index contributed by atoms with van der Waals surface area (Å²) in [7, 11) is 0. The second kappa shape index (κ2) is 6.70. The molecule has 2 rings (SSSR count). The number of allylic oxidation sites excluding steroid dienone is 2. The van der Waals surface area contributed by atoms with Crippen molar-refractivity contribution in [2.75, 3.05) is 0 Å². The van der Waals surface area contributed by atoms with Crippen molar-refractivity contribution in [2.45, 2.75) is 0 Å². The van der Waals surface area contributed by atoms with Crippen molar-refractivity contribution in [2.24, 2.45) is 10.7 Å². The summed E-state index contributed by atoms with van der Waals surface area (Å²) >= 11 is 0. The van der Waals surface area contributed by atoms with Gasteiger partial charge in [-0.3, -0.25) is 0 Å². The standard InChI is InChI=1S/C17H12N4/c18-10-16(20)17(11-19)21-12-13-6-8-15(9-7-13)14-4-2-1-3-5-14/h1-9,12H,20H2. The lowest BCUT2D eigenvalue weighted by atomic mass is 10.0. The van der Waals surface area contributed by atoms with Gasteiger partial charge < -0.3 is 5.73 Å². The fraction of sp³-hybridized carbons (Fsp3) is 0. The van der Waals surface area contributed by atoms with E-state index in [0.717, 1.165) is 16.7 Å². The SMILES string of the molecule is N#CC(N)=C(C#N)N=Cc1ccc(-c2ccccc2)cc1. The molecular formula is C17H12N4. The molecule has 2 N–H and O–H groups in total. The second-order valence-corrected chi connectivity index (χ2v) is 4.23. The van der Waals surface area contributed by atoms with Crippen LogP contribution in [-0.2, 0) is 0 Å². The molecule has 2 aromatic carbocycles. The second-order valence-electron chi connectivity index (χ2n) is 4.23. The lowest BCUT2D eigenvalue weighted by Crippen LogP contribution is -1.97. The molecule has 0 aliphatic heterocycles. The van der Waals surface area contributed by atoms with Crippen molar-refractivity contribution in [1.29, 1.82) is 10.5 Å². The lowest BCUT2D eigenvalue weighted by molar-refractivity contribution is 1.27. The maximum absolute atomic E-state index is 8.85. The summed E-state index contributed by atoms with van der Waals surface area (Å²) in [6, 6.07) is 21.2. The van der Waals surface area contributed by atoms with E-state index in [2.05, 4.69) is 4.99 Å². The van der Waals surface area contributed by atoms with Crippen LogP contribution in [0.15, 0.2) is 71.0 Å². The molecule has 0 bridgehead atoms. The number of aliphatic imine (C=N–C) groups is 1. The van der Waals surface area contributed by atoms with Gasteiger partial charge in [0.2, 0.25) is 0 Å². The molecule has 0 atom stereocenters. The van der Waals surface area contributed by atoms with E-state index >= 15 is 0 Å². The van der Waals surface area contributed by atoms with Crippen molar-refractivity contribution < 1.29 is 0 Å². The number of nitriles is 2. The molecule has 4 nitrogen and oxygen atoms in total. The van der Waals surface area contributed by atoms with Crippen molar-refractivity contribution in [3.63, 3.8) is 0 Å². The third-order valence-corrected chi connectivity index (χ3v) is 2.84. The minimum absolute atomic E-state index is 0.0790. The largest absolute Gasteiger partial charge is 0.388 e. The minimum Gasteiger partial charge on any atom is -0.388 e. The molecule has 21 heavy (non-hydrogen) atoms. The Kier molecular flexibility index (Phi) is 4.48. The van der Waals surface area contributed by atoms with E-state index in [4.69, 9.17) is 16.3 Å². The van der Waals surface area contributed by atoms with Crippen LogP contribution in [-0.4, -0.2) is 6.21 Å². The van der Waals surface area contributed by atoms with E-state index < -0.39 is 0 Å². The van der Waals surface area contributed by atoms with Gasteiger partial charge in [0.25, 0.3) is 0 Å². The number of benzene rings is 2. The normalized spacial score (nSPS) is 11.5. The van der Waals surface area contributed by atoms with E-state index in [0.29, 0.717) is 0 Å². The van der Waals surface area contributed by atoms with Gasteiger partial charge in [-0.15, -0.1) is 0 Å². The highest BCUT2D eigenvalue weighted by Crippen LogP contribution is 2.18. The molecule has 0 unspecified atom stereocenters. The maximum Gasteiger partial charge on any atom is 0.174 e. The Morgan fingerprint density at radius 2 is 1.52 bits per heavy atom. The van der Waals surface area contributed by atoms with E-state index in [1.807, 2.05) is 54.6 Å². The van der Waals surface area contributed by atoms with Gasteiger partial charge in [-0.1, -0.05) is 54.6 Å². The molecule has 0 fully saturated rings. The van der Waals surface area contributed by atoms with Gasteiger partial charge in [-0.05, 0) is 16.7 Å². The van der Waals surface area contributed by atoms with Crippen LogP contribution in [0.1, 0.15) is 5.56 Å². The first-order chi connectivity index (χ1) is 10.2. The highest BCUT2D eigenvalue weighted by molar-refractivity contribution is 5.82. The monoisotopic (exact) mass is 272 g/mol. The highest BCUT2D eigenvalue weighted by atomic mass is 14.8. The molecule has 0 saturated carbocycles. The van der Waals surface area contributed by atoms with Crippen LogP contribution in [0, 0.1) is 22.7 Å². The van der Waals surface area contributed by atoms with E-state index in [1.54, 1.807) is 12.1 Å². The number of nitrogens with zero attached hydrogens (tertiary/aromatic N) is 3. The lowest BCUT2D eigenvalue weighted by Gasteiger charge is -2.01. The fourth-order valence-corrected chi connectivity index (χ4v) is 1.74. The molecule has 0 saturated heterocycles. The first-order valence-electron chi connectivity index (χ1n) is 6.24. The molecule has 100 valence electrons. The zero-order chi connectivity index (χ0) is 15.1. The van der Waals surface area contributed by atoms with E-state index in [9.17, 15) is 0 Å². The maximum atomic E-state index is 8.85. The molecule has 0 aromatic heterocycles. The summed E-state index contributed by atoms with van der Waals surface area (Å²) in [5.41, 5.74) is 8.17. The number of nitrogens with two attached hydrogens (primary N) is 1. The van der Waals surface area contributed by atoms with Crippen LogP contribution in [0.3, 0.4) is 0 Å². The number of hydrogen-bond acceptors (Lipinski definition) is 4. The van der Waals surface area contributed by atoms with Crippen LogP contribution in [0.2, 0.25) is 0 Å². The van der Waals surface area contributed by atoms with Crippen LogP contribution in [0.4, 0.5) is 0 Å². The topological polar surface area (TPSA) is 86.0 Å². The highest BCUT2D eigenvalue weighted by Gasteiger charge is 1.99. The Hall–Kier alpha value is -3.37. The Balaban J connectivity index is 2.22. The van der Waals surface area contributed by atoms with Gasteiger partial charge in [0.15, 0.2) is 5.70 Å². The van der Waals surface area contributed by atoms with Crippen LogP contribution in [0.25, 0.3) is 11.1 Å². The zero-order valence-corrected chi connectivity index (χ0v) is 11.2. The van der Waals surface area contributed by atoms with Crippen LogP contribution in [0.5, 0.6) is 0 Å². The van der Waals surface area contributed by atoms with E-state index in [-0.39, 0.29) is 11.4 Å². The molecule has 4 heteroatoms. The summed E-state index contributed by atoms with van der Waals surface area (Å²) in [5, 5.41) is 17.5. The van der Waals surface area contributed by atoms with Crippen molar-refractivity contribution in [3.8, 4) is 23.3 Å². The smallest absolute Gasteiger partial charge is 0.174 e. The molecule has 0 amide bonds. The Bertz CT molecular complexity index is 757. The van der Waals surface area contributed by atoms with Gasteiger partial charge >= 0.3 is 0 Å². The minimum atomic E-state index is -0.186. The van der Waals surface area contributed by atoms with Gasteiger partial charge in [-0.25, -0.2) is 4.99 Å². The van der Waals surface area contributed by atoms with Gasteiger partial charge in [-0.2, -0.15) is 10.5 Å². The Morgan fingerprint density at radius 1 is 0.905 bits per heavy atom. The number of hydrogen-bond donors (Lipinski definition) is 1. The van der Waals surface area contributed by atoms with Crippen LogP contribution >= 0.6 is 0 Å². The van der Waals surface area contributed by atoms with E-state index in [1.165, 1.54) is 6.21 Å². The fourth-order valence-electron chi connectivity index (χ4n) is 1.74. The van der Waals surface area contributed by atoms with Crippen molar-refractivity contribution >= 4 is 6.21 Å². The summed E-state index contributed by atoms with van der Waals surface area (Å²) in [6.07, 6.45) is 1.51. The van der Waals surface area contributed by atoms with Crippen molar-refractivity contribution in [3.05, 3.63) is 71.6 Å². The molecule has 0 aliphatic carbocycles. The number of rotatable bonds is 3. The Labute approximate surface area is 123 Å². The summed E-state index contributed by atoms with van der Waals surface area (Å²) < 4.78 is 0. The molecule has 2 aromatic rings. The zero-order valence-electron chi connectivity index (χ0n) is 11.2. The summed E-state index contributed by atoms with van der Waals surface area (Å²) in [6.45, 7) is 0. The quantitative estimate of drug-likeness (QED) is 0.688. The third-order valence-electron chi connectivity index (χ3n) is 2.84.